The molecular weight excluding hydrogens is 361 g/mol. The molecule has 0 atom stereocenters. The van der Waals surface area contributed by atoms with Crippen molar-refractivity contribution in [2.24, 2.45) is 5.16 Å². The topological polar surface area (TPSA) is 40.0 Å². The van der Waals surface area contributed by atoms with Crippen LogP contribution in [0.1, 0.15) is 11.1 Å². The fourth-order valence-electron chi connectivity index (χ4n) is 1.88. The molecule has 0 saturated heterocycles. The Labute approximate surface area is 149 Å². The molecule has 7 heteroatoms. The summed E-state index contributed by atoms with van der Waals surface area (Å²) in [6, 6.07) is 8.68. The number of oxime groups is 1. The van der Waals surface area contributed by atoms with Crippen LogP contribution in [0.4, 0.5) is 0 Å². The van der Waals surface area contributed by atoms with Crippen LogP contribution in [-0.4, -0.2) is 20.4 Å². The van der Waals surface area contributed by atoms with Crippen LogP contribution in [0.15, 0.2) is 35.5 Å². The molecule has 0 heterocycles. The first-order valence-corrected chi connectivity index (χ1v) is 7.70. The summed E-state index contributed by atoms with van der Waals surface area (Å²) in [5.41, 5.74) is 1.39. The lowest BCUT2D eigenvalue weighted by Gasteiger charge is -2.10. The molecule has 0 bridgehead atoms. The molecule has 0 amide bonds. The molecule has 0 unspecified atom stereocenters. The van der Waals surface area contributed by atoms with Gasteiger partial charge in [-0.3, -0.25) is 0 Å². The number of hydrogen-bond acceptors (Lipinski definition) is 4. The Bertz CT molecular complexity index is 700. The van der Waals surface area contributed by atoms with Crippen LogP contribution in [0.5, 0.6) is 11.5 Å². The summed E-state index contributed by atoms with van der Waals surface area (Å²) in [5, 5.41) is 5.37. The van der Waals surface area contributed by atoms with Crippen LogP contribution in [-0.2, 0) is 11.4 Å². The van der Waals surface area contributed by atoms with E-state index in [9.17, 15) is 0 Å². The highest BCUT2D eigenvalue weighted by Gasteiger charge is 2.10. The molecular formula is C16H14Cl3NO3. The normalized spacial score (nSPS) is 10.8. The smallest absolute Gasteiger partial charge is 0.179 e. The summed E-state index contributed by atoms with van der Waals surface area (Å²) in [5.74, 6) is 0.977. The number of methoxy groups -OCH3 is 2. The molecule has 122 valence electrons. The largest absolute Gasteiger partial charge is 0.493 e. The van der Waals surface area contributed by atoms with Gasteiger partial charge in [0.25, 0.3) is 0 Å². The molecule has 0 aliphatic heterocycles. The van der Waals surface area contributed by atoms with Gasteiger partial charge < -0.3 is 14.3 Å². The van der Waals surface area contributed by atoms with Gasteiger partial charge in [0.05, 0.1) is 25.5 Å². The number of benzene rings is 2. The number of halogens is 3. The zero-order chi connectivity index (χ0) is 16.8. The number of nitrogens with zero attached hydrogens (tertiary/aromatic N) is 1. The molecule has 23 heavy (non-hydrogen) atoms. The monoisotopic (exact) mass is 373 g/mol. The van der Waals surface area contributed by atoms with Crippen LogP contribution < -0.4 is 9.47 Å². The third-order valence-corrected chi connectivity index (χ3v) is 3.99. The Morgan fingerprint density at radius 2 is 1.70 bits per heavy atom. The average molecular weight is 375 g/mol. The van der Waals surface area contributed by atoms with Crippen LogP contribution in [0.2, 0.25) is 15.1 Å². The van der Waals surface area contributed by atoms with Crippen LogP contribution in [0.25, 0.3) is 0 Å². The van der Waals surface area contributed by atoms with Gasteiger partial charge in [0, 0.05) is 21.2 Å². The van der Waals surface area contributed by atoms with Crippen molar-refractivity contribution in [2.45, 2.75) is 6.61 Å². The van der Waals surface area contributed by atoms with Crippen molar-refractivity contribution in [1.29, 1.82) is 0 Å². The van der Waals surface area contributed by atoms with Crippen LogP contribution in [0, 0.1) is 0 Å². The maximum atomic E-state index is 6.12. The van der Waals surface area contributed by atoms with Crippen LogP contribution in [0.3, 0.4) is 0 Å². The molecule has 0 spiro atoms. The third-order valence-electron chi connectivity index (χ3n) is 3.00. The van der Waals surface area contributed by atoms with Crippen molar-refractivity contribution >= 4 is 41.0 Å². The quantitative estimate of drug-likeness (QED) is 0.514. The van der Waals surface area contributed by atoms with Crippen molar-refractivity contribution in [3.8, 4) is 11.5 Å². The number of rotatable bonds is 6. The van der Waals surface area contributed by atoms with Gasteiger partial charge in [0.15, 0.2) is 11.5 Å². The highest BCUT2D eigenvalue weighted by molar-refractivity contribution is 6.36. The van der Waals surface area contributed by atoms with E-state index in [1.807, 2.05) is 0 Å². The fourth-order valence-corrected chi connectivity index (χ4v) is 2.69. The predicted octanol–water partition coefficient (Wildman–Crippen LogP) is 5.21. The van der Waals surface area contributed by atoms with Gasteiger partial charge >= 0.3 is 0 Å². The van der Waals surface area contributed by atoms with E-state index in [0.717, 1.165) is 0 Å². The molecule has 0 aliphatic carbocycles. The highest BCUT2D eigenvalue weighted by Crippen LogP contribution is 2.35. The standard InChI is InChI=1S/C16H14Cl3NO3/c1-21-15-7-10(6-14(19)16(15)22-2)8-20-23-9-11-12(17)4-3-5-13(11)18/h3-8H,9H2,1-2H3/b20-8-. The van der Waals surface area contributed by atoms with Crippen molar-refractivity contribution in [3.63, 3.8) is 0 Å². The Kier molecular flexibility index (Phi) is 6.39. The first-order valence-electron chi connectivity index (χ1n) is 6.56. The minimum Gasteiger partial charge on any atom is -0.493 e. The maximum Gasteiger partial charge on any atom is 0.179 e. The Morgan fingerprint density at radius 3 is 2.30 bits per heavy atom. The molecule has 0 fully saturated rings. The van der Waals surface area contributed by atoms with Crippen LogP contribution >= 0.6 is 34.8 Å². The zero-order valence-electron chi connectivity index (χ0n) is 12.5. The van der Waals surface area contributed by atoms with E-state index in [2.05, 4.69) is 5.16 Å². The van der Waals surface area contributed by atoms with Gasteiger partial charge in [0.2, 0.25) is 0 Å². The predicted molar refractivity (Wildman–Crippen MR) is 93.4 cm³/mol. The summed E-state index contributed by atoms with van der Waals surface area (Å²) in [6.07, 6.45) is 1.51. The van der Waals surface area contributed by atoms with E-state index in [1.54, 1.807) is 30.3 Å². The van der Waals surface area contributed by atoms with Crippen molar-refractivity contribution < 1.29 is 14.3 Å². The van der Waals surface area contributed by atoms with Gasteiger partial charge in [-0.05, 0) is 24.3 Å². The minimum absolute atomic E-state index is 0.163. The van der Waals surface area contributed by atoms with E-state index in [4.69, 9.17) is 49.1 Å². The molecule has 0 saturated carbocycles. The Balaban J connectivity index is 2.08. The first kappa shape index (κ1) is 17.7. The Morgan fingerprint density at radius 1 is 1.00 bits per heavy atom. The third kappa shape index (κ3) is 4.44. The molecule has 0 radical (unpaired) electrons. The summed E-state index contributed by atoms with van der Waals surface area (Å²) in [6.45, 7) is 0.163. The zero-order valence-corrected chi connectivity index (χ0v) is 14.7. The molecule has 2 aromatic carbocycles. The van der Waals surface area contributed by atoms with E-state index in [-0.39, 0.29) is 6.61 Å². The van der Waals surface area contributed by atoms with Gasteiger partial charge in [-0.2, -0.15) is 0 Å². The number of hydrogen-bond donors (Lipinski definition) is 0. The second kappa shape index (κ2) is 8.29. The minimum atomic E-state index is 0.163. The highest BCUT2D eigenvalue weighted by atomic mass is 35.5. The maximum absolute atomic E-state index is 6.12. The van der Waals surface area contributed by atoms with Crippen molar-refractivity contribution in [3.05, 3.63) is 56.5 Å². The summed E-state index contributed by atoms with van der Waals surface area (Å²) in [7, 11) is 3.05. The van der Waals surface area contributed by atoms with E-state index in [0.29, 0.717) is 37.7 Å². The molecule has 2 rings (SSSR count). The molecule has 0 N–H and O–H groups in total. The Hall–Kier alpha value is -1.62. The second-order valence-electron chi connectivity index (χ2n) is 4.45. The van der Waals surface area contributed by atoms with Crippen molar-refractivity contribution in [2.75, 3.05) is 14.2 Å². The van der Waals surface area contributed by atoms with Gasteiger partial charge in [-0.15, -0.1) is 0 Å². The molecule has 0 aromatic heterocycles. The van der Waals surface area contributed by atoms with E-state index in [1.165, 1.54) is 20.4 Å². The first-order chi connectivity index (χ1) is 11.1. The van der Waals surface area contributed by atoms with Gasteiger partial charge in [-0.25, -0.2) is 0 Å². The summed E-state index contributed by atoms with van der Waals surface area (Å²) in [4.78, 5) is 5.24. The average Bonchev–Trinajstić information content (AvgIpc) is 2.53. The van der Waals surface area contributed by atoms with E-state index >= 15 is 0 Å². The second-order valence-corrected chi connectivity index (χ2v) is 5.67. The lowest BCUT2D eigenvalue weighted by Crippen LogP contribution is -1.94. The SMILES string of the molecule is COc1cc(/C=N\OCc2c(Cl)cccc2Cl)cc(Cl)c1OC. The number of ether oxygens (including phenoxy) is 2. The van der Waals surface area contributed by atoms with Gasteiger partial charge in [-0.1, -0.05) is 46.0 Å². The van der Waals surface area contributed by atoms with E-state index < -0.39 is 0 Å². The molecule has 4 nitrogen and oxygen atoms in total. The lowest BCUT2D eigenvalue weighted by molar-refractivity contribution is 0.132. The molecule has 2 aromatic rings. The molecule has 0 aliphatic rings. The van der Waals surface area contributed by atoms with Gasteiger partial charge in [0.1, 0.15) is 6.61 Å². The lowest BCUT2D eigenvalue weighted by atomic mass is 10.2. The summed E-state index contributed by atoms with van der Waals surface area (Å²) < 4.78 is 10.4. The summed E-state index contributed by atoms with van der Waals surface area (Å²) >= 11 is 18.2. The fraction of sp³-hybridized carbons (Fsp3) is 0.188. The van der Waals surface area contributed by atoms with Crippen molar-refractivity contribution in [1.82, 2.24) is 0 Å².